The van der Waals surface area contributed by atoms with Gasteiger partial charge in [-0.3, -0.25) is 10.4 Å². The van der Waals surface area contributed by atoms with Gasteiger partial charge in [0.1, 0.15) is 6.10 Å². The fraction of sp³-hybridized carbons (Fsp3) is 0.222. The van der Waals surface area contributed by atoms with Gasteiger partial charge in [-0.1, -0.05) is 35.9 Å². The highest BCUT2D eigenvalue weighted by Crippen LogP contribution is 2.29. The molecule has 0 saturated carbocycles. The SMILES string of the molecule is CC(C)(Cl)C=C(C(=N)c1ccc(Cl)cc1)C(O)c1cccnc1. The number of hydrogen-bond donors (Lipinski definition) is 2. The number of aliphatic hydroxyl groups is 1. The maximum atomic E-state index is 10.7. The highest BCUT2D eigenvalue weighted by Gasteiger charge is 2.23. The summed E-state index contributed by atoms with van der Waals surface area (Å²) in [5.41, 5.74) is 1.90. The topological polar surface area (TPSA) is 57.0 Å². The number of pyridine rings is 1. The molecule has 0 spiro atoms. The van der Waals surface area contributed by atoms with Gasteiger partial charge in [0.15, 0.2) is 0 Å². The lowest BCUT2D eigenvalue weighted by Gasteiger charge is -2.20. The van der Waals surface area contributed by atoms with E-state index in [9.17, 15) is 5.11 Å². The second kappa shape index (κ2) is 7.26. The Bertz CT molecular complexity index is 704. The summed E-state index contributed by atoms with van der Waals surface area (Å²) in [6.07, 6.45) is 3.93. The van der Waals surface area contributed by atoms with Crippen LogP contribution < -0.4 is 0 Å². The molecule has 0 bridgehead atoms. The van der Waals surface area contributed by atoms with Crippen molar-refractivity contribution in [3.8, 4) is 0 Å². The molecule has 1 unspecified atom stereocenters. The molecule has 3 nitrogen and oxygen atoms in total. The third-order valence-corrected chi connectivity index (χ3v) is 3.58. The van der Waals surface area contributed by atoms with Crippen molar-refractivity contribution in [2.24, 2.45) is 0 Å². The highest BCUT2D eigenvalue weighted by molar-refractivity contribution is 6.30. The van der Waals surface area contributed by atoms with E-state index in [0.29, 0.717) is 21.7 Å². The zero-order chi connectivity index (χ0) is 17.0. The van der Waals surface area contributed by atoms with Crippen molar-refractivity contribution >= 4 is 28.9 Å². The summed E-state index contributed by atoms with van der Waals surface area (Å²) < 4.78 is 0. The quantitative estimate of drug-likeness (QED) is 0.603. The molecule has 0 saturated heterocycles. The molecule has 0 fully saturated rings. The molecule has 1 atom stereocenters. The molecular formula is C18H18Cl2N2O. The number of nitrogens with one attached hydrogen (secondary N) is 1. The molecule has 5 heteroatoms. The maximum Gasteiger partial charge on any atom is 0.107 e. The number of benzene rings is 1. The lowest BCUT2D eigenvalue weighted by Crippen LogP contribution is -2.17. The van der Waals surface area contributed by atoms with Crippen molar-refractivity contribution in [1.82, 2.24) is 4.98 Å². The van der Waals surface area contributed by atoms with Crippen LogP contribution in [0.4, 0.5) is 0 Å². The molecule has 23 heavy (non-hydrogen) atoms. The van der Waals surface area contributed by atoms with Gasteiger partial charge in [-0.25, -0.2) is 0 Å². The van der Waals surface area contributed by atoms with Crippen LogP contribution in [0.3, 0.4) is 0 Å². The van der Waals surface area contributed by atoms with E-state index in [4.69, 9.17) is 28.6 Å². The number of alkyl halides is 1. The Labute approximate surface area is 146 Å². The smallest absolute Gasteiger partial charge is 0.107 e. The normalized spacial score (nSPS) is 13.7. The minimum absolute atomic E-state index is 0.201. The fourth-order valence-corrected chi connectivity index (χ4v) is 2.40. The van der Waals surface area contributed by atoms with Crippen molar-refractivity contribution in [1.29, 1.82) is 5.41 Å². The van der Waals surface area contributed by atoms with Crippen LogP contribution in [0.2, 0.25) is 5.02 Å². The number of nitrogens with zero attached hydrogens (tertiary/aromatic N) is 1. The molecule has 1 heterocycles. The first-order chi connectivity index (χ1) is 10.8. The van der Waals surface area contributed by atoms with Crippen molar-refractivity contribution in [3.05, 3.63) is 76.6 Å². The predicted molar refractivity (Wildman–Crippen MR) is 95.5 cm³/mol. The number of aliphatic hydroxyl groups excluding tert-OH is 1. The molecule has 0 aliphatic heterocycles. The lowest BCUT2D eigenvalue weighted by molar-refractivity contribution is 0.221. The molecule has 2 N–H and O–H groups in total. The van der Waals surface area contributed by atoms with E-state index in [2.05, 4.69) is 4.98 Å². The standard InChI is InChI=1S/C18H18Cl2N2O/c1-18(2,20)10-15(17(23)13-4-3-9-22-11-13)16(21)12-5-7-14(19)8-6-12/h3-11,17,21,23H,1-2H3. The van der Waals surface area contributed by atoms with Crippen molar-refractivity contribution < 1.29 is 5.11 Å². The minimum atomic E-state index is -0.982. The summed E-state index contributed by atoms with van der Waals surface area (Å²) in [7, 11) is 0. The maximum absolute atomic E-state index is 10.7. The molecule has 0 radical (unpaired) electrons. The first kappa shape index (κ1) is 17.7. The van der Waals surface area contributed by atoms with Crippen molar-refractivity contribution in [2.75, 3.05) is 0 Å². The third-order valence-electron chi connectivity index (χ3n) is 3.22. The highest BCUT2D eigenvalue weighted by atomic mass is 35.5. The monoisotopic (exact) mass is 348 g/mol. The predicted octanol–water partition coefficient (Wildman–Crippen LogP) is 4.78. The van der Waals surface area contributed by atoms with Gasteiger partial charge in [0.25, 0.3) is 0 Å². The fourth-order valence-electron chi connectivity index (χ4n) is 2.16. The molecule has 120 valence electrons. The van der Waals surface area contributed by atoms with Crippen LogP contribution in [-0.2, 0) is 0 Å². The largest absolute Gasteiger partial charge is 0.384 e. The van der Waals surface area contributed by atoms with Crippen LogP contribution in [0.1, 0.15) is 31.1 Å². The Morgan fingerprint density at radius 2 is 1.91 bits per heavy atom. The van der Waals surface area contributed by atoms with Crippen molar-refractivity contribution in [3.63, 3.8) is 0 Å². The number of rotatable bonds is 5. The molecule has 2 aromatic rings. The Kier molecular flexibility index (Phi) is 5.58. The van der Waals surface area contributed by atoms with E-state index in [1.165, 1.54) is 0 Å². The van der Waals surface area contributed by atoms with Gasteiger partial charge in [0.05, 0.1) is 10.6 Å². The van der Waals surface area contributed by atoms with E-state index in [0.717, 1.165) is 0 Å². The van der Waals surface area contributed by atoms with Gasteiger partial charge in [-0.2, -0.15) is 0 Å². The number of aromatic nitrogens is 1. The zero-order valence-electron chi connectivity index (χ0n) is 12.9. The van der Waals surface area contributed by atoms with E-state index in [1.807, 2.05) is 0 Å². The van der Waals surface area contributed by atoms with E-state index in [-0.39, 0.29) is 5.71 Å². The van der Waals surface area contributed by atoms with Gasteiger partial charge in [-0.05, 0) is 37.6 Å². The van der Waals surface area contributed by atoms with Crippen LogP contribution in [0, 0.1) is 5.41 Å². The first-order valence-corrected chi connectivity index (χ1v) is 7.88. The summed E-state index contributed by atoms with van der Waals surface area (Å²) in [6.45, 7) is 3.61. The zero-order valence-corrected chi connectivity index (χ0v) is 14.4. The van der Waals surface area contributed by atoms with E-state index in [1.54, 1.807) is 68.7 Å². The second-order valence-corrected chi connectivity index (χ2v) is 7.15. The van der Waals surface area contributed by atoms with Gasteiger partial charge < -0.3 is 5.11 Å². The van der Waals surface area contributed by atoms with E-state index < -0.39 is 11.0 Å². The average Bonchev–Trinajstić information content (AvgIpc) is 2.52. The van der Waals surface area contributed by atoms with Crippen LogP contribution in [0.25, 0.3) is 0 Å². The van der Waals surface area contributed by atoms with Crippen LogP contribution in [0.5, 0.6) is 0 Å². The Hall–Kier alpha value is -1.68. The van der Waals surface area contributed by atoms with E-state index >= 15 is 0 Å². The first-order valence-electron chi connectivity index (χ1n) is 7.12. The number of allylic oxidation sites excluding steroid dienone is 1. The molecule has 1 aromatic carbocycles. The molecule has 0 aliphatic carbocycles. The van der Waals surface area contributed by atoms with Crippen molar-refractivity contribution in [2.45, 2.75) is 24.8 Å². The Balaban J connectivity index is 2.44. The molecule has 0 aliphatic rings. The summed E-state index contributed by atoms with van der Waals surface area (Å²) >= 11 is 12.2. The van der Waals surface area contributed by atoms with Crippen LogP contribution in [0.15, 0.2) is 60.4 Å². The van der Waals surface area contributed by atoms with Gasteiger partial charge in [-0.15, -0.1) is 11.6 Å². The van der Waals surface area contributed by atoms with Crippen LogP contribution in [-0.4, -0.2) is 20.7 Å². The van der Waals surface area contributed by atoms with Gasteiger partial charge >= 0.3 is 0 Å². The molecule has 1 aromatic heterocycles. The molecular weight excluding hydrogens is 331 g/mol. The summed E-state index contributed by atoms with van der Waals surface area (Å²) in [4.78, 5) is 3.32. The second-order valence-electron chi connectivity index (χ2n) is 5.73. The summed E-state index contributed by atoms with van der Waals surface area (Å²) in [6, 6.07) is 10.4. The number of halogens is 2. The molecule has 2 rings (SSSR count). The lowest BCUT2D eigenvalue weighted by atomic mass is 9.92. The number of hydrogen-bond acceptors (Lipinski definition) is 3. The average molecular weight is 349 g/mol. The third kappa shape index (κ3) is 4.90. The summed E-state index contributed by atoms with van der Waals surface area (Å²) in [5.74, 6) is 0. The minimum Gasteiger partial charge on any atom is -0.384 e. The Morgan fingerprint density at radius 3 is 2.43 bits per heavy atom. The Morgan fingerprint density at radius 1 is 1.26 bits per heavy atom. The summed E-state index contributed by atoms with van der Waals surface area (Å²) in [5, 5.41) is 19.8. The van der Waals surface area contributed by atoms with Crippen LogP contribution >= 0.6 is 23.2 Å². The van der Waals surface area contributed by atoms with Gasteiger partial charge in [0.2, 0.25) is 0 Å². The van der Waals surface area contributed by atoms with Gasteiger partial charge in [0, 0.05) is 28.6 Å². The molecule has 0 amide bonds.